The van der Waals surface area contributed by atoms with E-state index in [0.717, 1.165) is 17.7 Å². The van der Waals surface area contributed by atoms with E-state index in [-0.39, 0.29) is 23.6 Å². The molecule has 0 aliphatic carbocycles. The van der Waals surface area contributed by atoms with Crippen LogP contribution in [0.25, 0.3) is 0 Å². The first kappa shape index (κ1) is 24.4. The summed E-state index contributed by atoms with van der Waals surface area (Å²) in [5, 5.41) is 9.09. The lowest BCUT2D eigenvalue weighted by Gasteiger charge is -2.20. The molecule has 2 rings (SSSR count). The molecule has 0 aromatic heterocycles. The fraction of sp³-hybridized carbons (Fsp3) is 0.375. The van der Waals surface area contributed by atoms with Gasteiger partial charge in [-0.25, -0.2) is 0 Å². The monoisotopic (exact) mass is 443 g/mol. The van der Waals surface area contributed by atoms with Gasteiger partial charge >= 0.3 is 0 Å². The van der Waals surface area contributed by atoms with Crippen molar-refractivity contribution in [3.05, 3.63) is 64.7 Å². The van der Waals surface area contributed by atoms with Crippen LogP contribution in [0.1, 0.15) is 56.0 Å². The number of carbonyl (C=O) groups is 3. The third kappa shape index (κ3) is 8.42. The van der Waals surface area contributed by atoms with E-state index in [1.165, 1.54) is 0 Å². The lowest BCUT2D eigenvalue weighted by atomic mass is 10.0. The van der Waals surface area contributed by atoms with Gasteiger partial charge in [0.15, 0.2) is 0 Å². The Labute approximate surface area is 188 Å². The van der Waals surface area contributed by atoms with Crippen molar-refractivity contribution in [2.24, 2.45) is 5.92 Å². The van der Waals surface area contributed by atoms with E-state index < -0.39 is 6.04 Å². The summed E-state index contributed by atoms with van der Waals surface area (Å²) in [5.41, 5.74) is 2.07. The van der Waals surface area contributed by atoms with Gasteiger partial charge in [0.2, 0.25) is 11.8 Å². The fourth-order valence-electron chi connectivity index (χ4n) is 3.01. The van der Waals surface area contributed by atoms with Crippen LogP contribution >= 0.6 is 11.6 Å². The van der Waals surface area contributed by atoms with Crippen LogP contribution in [0.15, 0.2) is 48.5 Å². The third-order valence-electron chi connectivity index (χ3n) is 4.62. The Morgan fingerprint density at radius 1 is 0.968 bits per heavy atom. The van der Waals surface area contributed by atoms with Gasteiger partial charge in [0, 0.05) is 29.2 Å². The van der Waals surface area contributed by atoms with E-state index in [2.05, 4.69) is 16.0 Å². The van der Waals surface area contributed by atoms with Crippen LogP contribution in [0.3, 0.4) is 0 Å². The molecule has 0 saturated carbocycles. The topological polar surface area (TPSA) is 87.3 Å². The summed E-state index contributed by atoms with van der Waals surface area (Å²) >= 11 is 5.87. The predicted molar refractivity (Wildman–Crippen MR) is 124 cm³/mol. The first-order valence-electron chi connectivity index (χ1n) is 10.5. The number of carbonyl (C=O) groups excluding carboxylic acids is 3. The molecule has 0 fully saturated rings. The minimum atomic E-state index is -0.643. The highest BCUT2D eigenvalue weighted by atomic mass is 35.5. The van der Waals surface area contributed by atoms with Gasteiger partial charge in [0.05, 0.1) is 0 Å². The number of halogens is 1. The second-order valence-electron chi connectivity index (χ2n) is 7.88. The zero-order chi connectivity index (χ0) is 22.8. The van der Waals surface area contributed by atoms with E-state index in [4.69, 9.17) is 11.6 Å². The zero-order valence-corrected chi connectivity index (χ0v) is 19.0. The van der Waals surface area contributed by atoms with Crippen LogP contribution in [0.2, 0.25) is 5.02 Å². The second kappa shape index (κ2) is 12.1. The number of hydrogen-bond acceptors (Lipinski definition) is 3. The Bertz CT molecular complexity index is 880. The number of benzene rings is 2. The number of hydrogen-bond donors (Lipinski definition) is 3. The van der Waals surface area contributed by atoms with E-state index in [1.54, 1.807) is 24.3 Å². The number of anilines is 1. The Morgan fingerprint density at radius 3 is 2.19 bits per heavy atom. The summed E-state index contributed by atoms with van der Waals surface area (Å²) < 4.78 is 0. The molecule has 0 radical (unpaired) electrons. The normalized spacial score (nSPS) is 11.6. The number of amides is 3. The standard InChI is InChI=1S/C24H30ClN3O3/c1-4-5-22(29)27-20-12-6-17(7-13-20)15-26-24(31)21(14-16(2)3)28-23(30)18-8-10-19(25)11-9-18/h6-13,16,21H,4-5,14-15H2,1-3H3,(H,26,31)(H,27,29)(H,28,30). The molecule has 1 atom stereocenters. The highest BCUT2D eigenvalue weighted by Crippen LogP contribution is 2.13. The maximum absolute atomic E-state index is 12.8. The molecule has 0 heterocycles. The van der Waals surface area contributed by atoms with Gasteiger partial charge in [-0.3, -0.25) is 14.4 Å². The van der Waals surface area contributed by atoms with Crippen molar-refractivity contribution in [2.45, 2.75) is 52.6 Å². The van der Waals surface area contributed by atoms with Crippen LogP contribution in [0, 0.1) is 5.92 Å². The van der Waals surface area contributed by atoms with Crippen LogP contribution in [-0.2, 0) is 16.1 Å². The maximum atomic E-state index is 12.8. The molecule has 1 unspecified atom stereocenters. The van der Waals surface area contributed by atoms with Crippen molar-refractivity contribution in [3.63, 3.8) is 0 Å². The van der Waals surface area contributed by atoms with Crippen LogP contribution in [-0.4, -0.2) is 23.8 Å². The molecule has 0 spiro atoms. The Kier molecular flexibility index (Phi) is 9.53. The van der Waals surface area contributed by atoms with Crippen molar-refractivity contribution >= 4 is 35.0 Å². The Hall–Kier alpha value is -2.86. The minimum absolute atomic E-state index is 0.0171. The van der Waals surface area contributed by atoms with Crippen molar-refractivity contribution in [1.29, 1.82) is 0 Å². The van der Waals surface area contributed by atoms with Gasteiger partial charge in [-0.05, 0) is 60.7 Å². The number of rotatable bonds is 10. The lowest BCUT2D eigenvalue weighted by Crippen LogP contribution is -2.47. The zero-order valence-electron chi connectivity index (χ0n) is 18.2. The summed E-state index contributed by atoms with van der Waals surface area (Å²) in [6.07, 6.45) is 1.80. The SMILES string of the molecule is CCCC(=O)Nc1ccc(CNC(=O)C(CC(C)C)NC(=O)c2ccc(Cl)cc2)cc1. The average Bonchev–Trinajstić information content (AvgIpc) is 2.72. The average molecular weight is 444 g/mol. The molecule has 7 heteroatoms. The highest BCUT2D eigenvalue weighted by molar-refractivity contribution is 6.30. The lowest BCUT2D eigenvalue weighted by molar-refractivity contribution is -0.123. The quantitative estimate of drug-likeness (QED) is 0.503. The van der Waals surface area contributed by atoms with Crippen molar-refractivity contribution in [2.75, 3.05) is 5.32 Å². The summed E-state index contributed by atoms with van der Waals surface area (Å²) in [7, 11) is 0. The summed E-state index contributed by atoms with van der Waals surface area (Å²) in [6, 6.07) is 13.2. The van der Waals surface area contributed by atoms with Gasteiger partial charge in [-0.15, -0.1) is 0 Å². The van der Waals surface area contributed by atoms with Crippen LogP contribution in [0.5, 0.6) is 0 Å². The predicted octanol–water partition coefficient (Wildman–Crippen LogP) is 4.54. The summed E-state index contributed by atoms with van der Waals surface area (Å²) in [6.45, 7) is 6.28. The van der Waals surface area contributed by atoms with Crippen molar-refractivity contribution < 1.29 is 14.4 Å². The smallest absolute Gasteiger partial charge is 0.251 e. The van der Waals surface area contributed by atoms with E-state index >= 15 is 0 Å². The summed E-state index contributed by atoms with van der Waals surface area (Å²) in [5.74, 6) is -0.343. The van der Waals surface area contributed by atoms with E-state index in [0.29, 0.717) is 30.0 Å². The van der Waals surface area contributed by atoms with Crippen LogP contribution in [0.4, 0.5) is 5.69 Å². The van der Waals surface area contributed by atoms with E-state index in [1.807, 2.05) is 45.0 Å². The molecule has 3 amide bonds. The van der Waals surface area contributed by atoms with Crippen LogP contribution < -0.4 is 16.0 Å². The molecule has 31 heavy (non-hydrogen) atoms. The molecule has 0 aliphatic rings. The third-order valence-corrected chi connectivity index (χ3v) is 4.87. The van der Waals surface area contributed by atoms with Gasteiger partial charge < -0.3 is 16.0 Å². The Balaban J connectivity index is 1.95. The number of nitrogens with one attached hydrogen (secondary N) is 3. The molecule has 0 aliphatic heterocycles. The Morgan fingerprint density at radius 2 is 1.61 bits per heavy atom. The van der Waals surface area contributed by atoms with E-state index in [9.17, 15) is 14.4 Å². The van der Waals surface area contributed by atoms with Gasteiger partial charge in [0.1, 0.15) is 6.04 Å². The first-order chi connectivity index (χ1) is 14.8. The maximum Gasteiger partial charge on any atom is 0.251 e. The first-order valence-corrected chi connectivity index (χ1v) is 10.9. The molecule has 2 aromatic rings. The molecule has 3 N–H and O–H groups in total. The summed E-state index contributed by atoms with van der Waals surface area (Å²) in [4.78, 5) is 37.0. The minimum Gasteiger partial charge on any atom is -0.350 e. The second-order valence-corrected chi connectivity index (χ2v) is 8.31. The largest absolute Gasteiger partial charge is 0.350 e. The van der Waals surface area contributed by atoms with Gasteiger partial charge in [-0.1, -0.05) is 44.5 Å². The molecular weight excluding hydrogens is 414 g/mol. The van der Waals surface area contributed by atoms with Gasteiger partial charge in [0.25, 0.3) is 5.91 Å². The van der Waals surface area contributed by atoms with Crippen molar-refractivity contribution in [1.82, 2.24) is 10.6 Å². The highest BCUT2D eigenvalue weighted by Gasteiger charge is 2.22. The molecule has 166 valence electrons. The fourth-order valence-corrected chi connectivity index (χ4v) is 3.14. The molecule has 0 saturated heterocycles. The molecule has 2 aromatic carbocycles. The van der Waals surface area contributed by atoms with Crippen molar-refractivity contribution in [3.8, 4) is 0 Å². The molecular formula is C24H30ClN3O3. The molecule has 6 nitrogen and oxygen atoms in total. The molecule has 0 bridgehead atoms. The van der Waals surface area contributed by atoms with Gasteiger partial charge in [-0.2, -0.15) is 0 Å².